The van der Waals surface area contributed by atoms with E-state index in [1.54, 1.807) is 11.8 Å². The third-order valence-corrected chi connectivity index (χ3v) is 4.74. The second-order valence-corrected chi connectivity index (χ2v) is 6.69. The van der Waals surface area contributed by atoms with Gasteiger partial charge in [-0.25, -0.2) is 0 Å². The zero-order chi connectivity index (χ0) is 16.9. The van der Waals surface area contributed by atoms with Gasteiger partial charge in [0.05, 0.1) is 19.3 Å². The number of morpholine rings is 1. The summed E-state index contributed by atoms with van der Waals surface area (Å²) in [5.74, 6) is 0.952. The van der Waals surface area contributed by atoms with E-state index in [1.807, 2.05) is 6.92 Å². The molecular formula is C17H27N3O4. The summed E-state index contributed by atoms with van der Waals surface area (Å²) in [5, 5.41) is 7.83. The van der Waals surface area contributed by atoms with E-state index >= 15 is 0 Å². The second kappa shape index (κ2) is 8.07. The molecule has 2 fully saturated rings. The van der Waals surface area contributed by atoms with Gasteiger partial charge in [0.15, 0.2) is 6.10 Å². The van der Waals surface area contributed by atoms with Gasteiger partial charge in [0.2, 0.25) is 11.8 Å². The Bertz CT molecular complexity index is 540. The zero-order valence-corrected chi connectivity index (χ0v) is 14.6. The van der Waals surface area contributed by atoms with Crippen LogP contribution >= 0.6 is 0 Å². The van der Waals surface area contributed by atoms with Crippen LogP contribution in [0.4, 0.5) is 0 Å². The number of carbonyl (C=O) groups excluding carboxylic acids is 1. The molecule has 24 heavy (non-hydrogen) atoms. The average molecular weight is 337 g/mol. The summed E-state index contributed by atoms with van der Waals surface area (Å²) < 4.78 is 17.2. The van der Waals surface area contributed by atoms with Crippen molar-refractivity contribution in [1.82, 2.24) is 15.1 Å². The molecule has 7 nitrogen and oxygen atoms in total. The molecule has 2 heterocycles. The van der Waals surface area contributed by atoms with Gasteiger partial charge in [-0.05, 0) is 19.8 Å². The maximum absolute atomic E-state index is 12.7. The summed E-state index contributed by atoms with van der Waals surface area (Å²) in [6.45, 7) is 5.06. The Kier molecular flexibility index (Phi) is 5.84. The molecule has 0 radical (unpaired) electrons. The molecule has 0 unspecified atom stereocenters. The van der Waals surface area contributed by atoms with Crippen LogP contribution in [-0.2, 0) is 14.3 Å². The number of hydrogen-bond acceptors (Lipinski definition) is 6. The first-order chi connectivity index (χ1) is 11.6. The molecule has 1 aromatic rings. The van der Waals surface area contributed by atoms with Gasteiger partial charge in [-0.1, -0.05) is 25.7 Å². The van der Waals surface area contributed by atoms with E-state index in [9.17, 15) is 4.79 Å². The molecule has 1 amide bonds. The fourth-order valence-corrected chi connectivity index (χ4v) is 3.42. The lowest BCUT2D eigenvalue weighted by Crippen LogP contribution is -2.47. The Hall–Kier alpha value is -1.47. The quantitative estimate of drug-likeness (QED) is 0.785. The minimum atomic E-state index is -0.420. The lowest BCUT2D eigenvalue weighted by atomic mass is 10.1. The van der Waals surface area contributed by atoms with Gasteiger partial charge in [-0.15, -0.1) is 10.2 Å². The number of aromatic nitrogens is 2. The molecule has 1 aliphatic heterocycles. The minimum absolute atomic E-state index is 0.0174. The SMILES string of the molecule is Cc1nnc([C@H]2CN(C(=O)[C@H](C)OC3CCCCCC3)CCO2)o1. The fourth-order valence-electron chi connectivity index (χ4n) is 3.42. The molecule has 2 atom stereocenters. The van der Waals surface area contributed by atoms with Crippen LogP contribution in [0.1, 0.15) is 63.3 Å². The maximum atomic E-state index is 12.7. The van der Waals surface area contributed by atoms with Gasteiger partial charge in [0.1, 0.15) is 6.10 Å². The number of amides is 1. The zero-order valence-electron chi connectivity index (χ0n) is 14.6. The number of hydrogen-bond donors (Lipinski definition) is 0. The van der Waals surface area contributed by atoms with Gasteiger partial charge in [-0.3, -0.25) is 4.79 Å². The summed E-state index contributed by atoms with van der Waals surface area (Å²) in [6.07, 6.45) is 6.50. The van der Waals surface area contributed by atoms with Gasteiger partial charge >= 0.3 is 0 Å². The first-order valence-corrected chi connectivity index (χ1v) is 8.99. The number of carbonyl (C=O) groups is 1. The first-order valence-electron chi connectivity index (χ1n) is 8.99. The molecule has 1 aromatic heterocycles. The van der Waals surface area contributed by atoms with Crippen LogP contribution in [0.5, 0.6) is 0 Å². The van der Waals surface area contributed by atoms with E-state index in [1.165, 1.54) is 25.7 Å². The third kappa shape index (κ3) is 4.33. The molecule has 134 valence electrons. The van der Waals surface area contributed by atoms with Crippen molar-refractivity contribution in [2.75, 3.05) is 19.7 Å². The van der Waals surface area contributed by atoms with E-state index in [2.05, 4.69) is 10.2 Å². The molecule has 0 spiro atoms. The lowest BCUT2D eigenvalue weighted by molar-refractivity contribution is -0.154. The van der Waals surface area contributed by atoms with Crippen LogP contribution in [0, 0.1) is 6.92 Å². The van der Waals surface area contributed by atoms with Crippen molar-refractivity contribution >= 4 is 5.91 Å². The van der Waals surface area contributed by atoms with Crippen LogP contribution in [0.15, 0.2) is 4.42 Å². The highest BCUT2D eigenvalue weighted by Gasteiger charge is 2.32. The molecule has 7 heteroatoms. The Morgan fingerprint density at radius 3 is 2.67 bits per heavy atom. The normalized spacial score (nSPS) is 24.6. The van der Waals surface area contributed by atoms with E-state index < -0.39 is 6.10 Å². The molecule has 0 aromatic carbocycles. The molecule has 3 rings (SSSR count). The predicted molar refractivity (Wildman–Crippen MR) is 86.3 cm³/mol. The smallest absolute Gasteiger partial charge is 0.251 e. The first kappa shape index (κ1) is 17.4. The highest BCUT2D eigenvalue weighted by atomic mass is 16.5. The number of ether oxygens (including phenoxy) is 2. The molecule has 1 saturated carbocycles. The lowest BCUT2D eigenvalue weighted by Gasteiger charge is -2.33. The van der Waals surface area contributed by atoms with E-state index in [0.29, 0.717) is 31.5 Å². The third-order valence-electron chi connectivity index (χ3n) is 4.74. The van der Waals surface area contributed by atoms with Gasteiger partial charge in [0.25, 0.3) is 5.91 Å². The van der Waals surface area contributed by atoms with Crippen LogP contribution in [0.3, 0.4) is 0 Å². The van der Waals surface area contributed by atoms with Crippen molar-refractivity contribution in [1.29, 1.82) is 0 Å². The van der Waals surface area contributed by atoms with E-state index in [4.69, 9.17) is 13.9 Å². The highest BCUT2D eigenvalue weighted by molar-refractivity contribution is 5.80. The molecule has 1 saturated heterocycles. The van der Waals surface area contributed by atoms with Crippen molar-refractivity contribution in [2.24, 2.45) is 0 Å². The summed E-state index contributed by atoms with van der Waals surface area (Å²) in [6, 6.07) is 0. The van der Waals surface area contributed by atoms with Crippen LogP contribution in [-0.4, -0.2) is 52.9 Å². The molecule has 2 aliphatic rings. The second-order valence-electron chi connectivity index (χ2n) is 6.69. The van der Waals surface area contributed by atoms with Gasteiger partial charge < -0.3 is 18.8 Å². The Labute approximate surface area is 142 Å². The molecule has 0 N–H and O–H groups in total. The van der Waals surface area contributed by atoms with Crippen LogP contribution in [0.2, 0.25) is 0 Å². The monoisotopic (exact) mass is 337 g/mol. The summed E-state index contributed by atoms with van der Waals surface area (Å²) in [5.41, 5.74) is 0. The van der Waals surface area contributed by atoms with Crippen molar-refractivity contribution in [3.63, 3.8) is 0 Å². The van der Waals surface area contributed by atoms with Crippen LogP contribution < -0.4 is 0 Å². The molecular weight excluding hydrogens is 310 g/mol. The number of rotatable bonds is 4. The van der Waals surface area contributed by atoms with Crippen molar-refractivity contribution < 1.29 is 18.7 Å². The highest BCUT2D eigenvalue weighted by Crippen LogP contribution is 2.24. The van der Waals surface area contributed by atoms with Gasteiger partial charge in [0, 0.05) is 13.5 Å². The minimum Gasteiger partial charge on any atom is -0.423 e. The standard InChI is InChI=1S/C17H27N3O4/c1-12(23-14-7-5-3-4-6-8-14)17(21)20-9-10-22-15(11-20)16-19-18-13(2)24-16/h12,14-15H,3-11H2,1-2H3/t12-,15+/m0/s1. The largest absolute Gasteiger partial charge is 0.423 e. The average Bonchev–Trinajstić information content (AvgIpc) is 2.87. The Morgan fingerprint density at radius 1 is 1.25 bits per heavy atom. The Morgan fingerprint density at radius 2 is 2.00 bits per heavy atom. The summed E-state index contributed by atoms with van der Waals surface area (Å²) in [4.78, 5) is 14.5. The fraction of sp³-hybridized carbons (Fsp3) is 0.824. The predicted octanol–water partition coefficient (Wildman–Crippen LogP) is 2.41. The van der Waals surface area contributed by atoms with Crippen LogP contribution in [0.25, 0.3) is 0 Å². The van der Waals surface area contributed by atoms with Crippen molar-refractivity contribution in [3.05, 3.63) is 11.8 Å². The maximum Gasteiger partial charge on any atom is 0.251 e. The van der Waals surface area contributed by atoms with E-state index in [0.717, 1.165) is 12.8 Å². The number of aryl methyl sites for hydroxylation is 1. The summed E-state index contributed by atoms with van der Waals surface area (Å²) >= 11 is 0. The summed E-state index contributed by atoms with van der Waals surface area (Å²) in [7, 11) is 0. The van der Waals surface area contributed by atoms with E-state index in [-0.39, 0.29) is 18.1 Å². The molecule has 0 bridgehead atoms. The topological polar surface area (TPSA) is 77.7 Å². The van der Waals surface area contributed by atoms with Crippen molar-refractivity contribution in [3.8, 4) is 0 Å². The van der Waals surface area contributed by atoms with Crippen molar-refractivity contribution in [2.45, 2.75) is 70.7 Å². The number of nitrogens with zero attached hydrogens (tertiary/aromatic N) is 3. The van der Waals surface area contributed by atoms with Gasteiger partial charge in [-0.2, -0.15) is 0 Å². The Balaban J connectivity index is 1.55. The molecule has 1 aliphatic carbocycles.